The van der Waals surface area contributed by atoms with Gasteiger partial charge in [-0.3, -0.25) is 15.0 Å². The third kappa shape index (κ3) is 4.50. The van der Waals surface area contributed by atoms with Crippen LogP contribution in [0.1, 0.15) is 39.4 Å². The second-order valence-corrected chi connectivity index (χ2v) is 11.0. The summed E-state index contributed by atoms with van der Waals surface area (Å²) in [5.74, 6) is 0.363. The Morgan fingerprint density at radius 2 is 1.97 bits per heavy atom. The van der Waals surface area contributed by atoms with Crippen LogP contribution in [0.5, 0.6) is 0 Å². The van der Waals surface area contributed by atoms with Gasteiger partial charge >= 0.3 is 0 Å². The second kappa shape index (κ2) is 9.27. The monoisotopic (exact) mass is 534 g/mol. The first-order chi connectivity index (χ1) is 15.9. The Balaban J connectivity index is 1.32. The number of rotatable bonds is 4. The predicted octanol–water partition coefficient (Wildman–Crippen LogP) is 6.74. The Hall–Kier alpha value is -2.10. The molecule has 0 unspecified atom stereocenters. The van der Waals surface area contributed by atoms with Crippen LogP contribution in [-0.4, -0.2) is 21.1 Å². The number of nitrogens with zero attached hydrogens (tertiary/aromatic N) is 1. The third-order valence-electron chi connectivity index (χ3n) is 5.42. The molecule has 2 aliphatic rings. The first kappa shape index (κ1) is 22.7. The van der Waals surface area contributed by atoms with Crippen LogP contribution < -0.4 is 5.43 Å². The highest BCUT2D eigenvalue weighted by atomic mass is 35.5. The number of hydrogen-bond donors (Lipinski definition) is 1. The van der Waals surface area contributed by atoms with E-state index >= 15 is 0 Å². The van der Waals surface area contributed by atoms with Crippen molar-refractivity contribution in [3.63, 3.8) is 0 Å². The number of hydrazine groups is 1. The number of nitrogens with one attached hydrogen (secondary N) is 1. The highest BCUT2D eigenvalue weighted by Gasteiger charge is 2.35. The lowest BCUT2D eigenvalue weighted by Gasteiger charge is -2.17. The van der Waals surface area contributed by atoms with Gasteiger partial charge in [-0.2, -0.15) is 5.01 Å². The van der Waals surface area contributed by atoms with Crippen LogP contribution in [0.4, 0.5) is 0 Å². The number of amides is 2. The summed E-state index contributed by atoms with van der Waals surface area (Å²) in [5, 5.41) is 3.88. The minimum atomic E-state index is -0.394. The Kier molecular flexibility index (Phi) is 6.37. The summed E-state index contributed by atoms with van der Waals surface area (Å²) in [6.45, 7) is 0. The molecule has 3 heterocycles. The second-order valence-electron chi connectivity index (χ2n) is 7.55. The average Bonchev–Trinajstić information content (AvgIpc) is 3.51. The molecule has 0 bridgehead atoms. The highest BCUT2D eigenvalue weighted by molar-refractivity contribution is 8.26. The number of hydrogen-bond acceptors (Lipinski definition) is 6. The van der Waals surface area contributed by atoms with Gasteiger partial charge in [-0.15, -0.1) is 11.3 Å². The van der Waals surface area contributed by atoms with Crippen molar-refractivity contribution in [2.24, 2.45) is 0 Å². The fraction of sp³-hybridized carbons (Fsp3) is 0.174. The van der Waals surface area contributed by atoms with Crippen molar-refractivity contribution in [3.05, 3.63) is 72.4 Å². The van der Waals surface area contributed by atoms with E-state index in [2.05, 4.69) is 5.43 Å². The first-order valence-corrected chi connectivity index (χ1v) is 13.0. The molecule has 1 saturated heterocycles. The molecule has 0 atom stereocenters. The van der Waals surface area contributed by atoms with Crippen molar-refractivity contribution in [1.82, 2.24) is 10.4 Å². The van der Waals surface area contributed by atoms with Crippen molar-refractivity contribution >= 4 is 80.7 Å². The van der Waals surface area contributed by atoms with E-state index in [0.717, 1.165) is 53.6 Å². The standard InChI is InChI=1S/C23H16Cl2N2O3S3/c24-16-7-5-12(9-17(16)25)18-8-6-13(30-18)10-20-22(29)27(23(31)33-20)26-21(28)15-11-32-19-4-2-1-3-14(15)19/h5-11H,1-4H2,(H,26,28)/b20-10-. The number of halogens is 2. The molecule has 1 fully saturated rings. The van der Waals surface area contributed by atoms with Crippen molar-refractivity contribution in [2.75, 3.05) is 0 Å². The first-order valence-electron chi connectivity index (χ1n) is 10.1. The Bertz CT molecular complexity index is 1330. The molecule has 33 heavy (non-hydrogen) atoms. The summed E-state index contributed by atoms with van der Waals surface area (Å²) in [6, 6.07) is 8.74. The van der Waals surface area contributed by atoms with E-state index in [1.54, 1.807) is 47.7 Å². The van der Waals surface area contributed by atoms with Crippen molar-refractivity contribution in [1.29, 1.82) is 0 Å². The number of thiophene rings is 1. The molecule has 1 aliphatic carbocycles. The maximum absolute atomic E-state index is 12.9. The Labute approximate surface area is 213 Å². The van der Waals surface area contributed by atoms with Gasteiger partial charge in [-0.1, -0.05) is 35.0 Å². The van der Waals surface area contributed by atoms with Crippen LogP contribution in [0.25, 0.3) is 17.4 Å². The van der Waals surface area contributed by atoms with Gasteiger partial charge in [0.05, 0.1) is 20.5 Å². The smallest absolute Gasteiger partial charge is 0.285 e. The van der Waals surface area contributed by atoms with E-state index in [1.165, 1.54) is 4.88 Å². The molecule has 5 rings (SSSR count). The third-order valence-corrected chi connectivity index (χ3v) is 8.55. The quantitative estimate of drug-likeness (QED) is 0.296. The molecule has 10 heteroatoms. The lowest BCUT2D eigenvalue weighted by molar-refractivity contribution is -0.123. The molecule has 0 saturated carbocycles. The van der Waals surface area contributed by atoms with Crippen molar-refractivity contribution < 1.29 is 14.0 Å². The number of fused-ring (bicyclic) bond motifs is 1. The fourth-order valence-electron chi connectivity index (χ4n) is 3.77. The summed E-state index contributed by atoms with van der Waals surface area (Å²) >= 11 is 20.1. The largest absolute Gasteiger partial charge is 0.457 e. The van der Waals surface area contributed by atoms with Gasteiger partial charge in [0, 0.05) is 21.9 Å². The lowest BCUT2D eigenvalue weighted by atomic mass is 9.96. The Morgan fingerprint density at radius 1 is 1.15 bits per heavy atom. The van der Waals surface area contributed by atoms with E-state index in [4.69, 9.17) is 39.8 Å². The summed E-state index contributed by atoms with van der Waals surface area (Å²) in [7, 11) is 0. The number of thiocarbonyl (C=S) groups is 1. The van der Waals surface area contributed by atoms with E-state index < -0.39 is 5.91 Å². The molecule has 1 aromatic carbocycles. The van der Waals surface area contributed by atoms with Gasteiger partial charge in [0.2, 0.25) is 0 Å². The average molecular weight is 535 g/mol. The normalized spacial score (nSPS) is 17.0. The number of benzene rings is 1. The van der Waals surface area contributed by atoms with Crippen LogP contribution in [0.3, 0.4) is 0 Å². The predicted molar refractivity (Wildman–Crippen MR) is 138 cm³/mol. The van der Waals surface area contributed by atoms with E-state index in [-0.39, 0.29) is 10.2 Å². The topological polar surface area (TPSA) is 62.6 Å². The highest BCUT2D eigenvalue weighted by Crippen LogP contribution is 2.35. The van der Waals surface area contributed by atoms with Crippen LogP contribution in [0, 0.1) is 0 Å². The van der Waals surface area contributed by atoms with Crippen LogP contribution in [-0.2, 0) is 17.6 Å². The summed E-state index contributed by atoms with van der Waals surface area (Å²) in [6.07, 6.45) is 5.72. The molecule has 3 aromatic rings. The molecule has 5 nitrogen and oxygen atoms in total. The summed E-state index contributed by atoms with van der Waals surface area (Å²) in [4.78, 5) is 27.4. The van der Waals surface area contributed by atoms with Gasteiger partial charge in [-0.05, 0) is 73.8 Å². The molecule has 2 amide bonds. The van der Waals surface area contributed by atoms with Crippen LogP contribution >= 0.6 is 58.5 Å². The summed E-state index contributed by atoms with van der Waals surface area (Å²) in [5.41, 5.74) is 5.17. The number of thioether (sulfide) groups is 1. The maximum Gasteiger partial charge on any atom is 0.285 e. The molecule has 0 radical (unpaired) electrons. The van der Waals surface area contributed by atoms with Gasteiger partial charge in [0.1, 0.15) is 11.5 Å². The van der Waals surface area contributed by atoms with Gasteiger partial charge in [0.15, 0.2) is 4.32 Å². The number of carbonyl (C=O) groups excluding carboxylic acids is 2. The zero-order chi connectivity index (χ0) is 23.1. The number of furan rings is 1. The summed E-state index contributed by atoms with van der Waals surface area (Å²) < 4.78 is 6.12. The molecule has 2 aromatic heterocycles. The molecule has 1 aliphatic heterocycles. The minimum absolute atomic E-state index is 0.264. The SMILES string of the molecule is O=C(NN1C(=O)/C(=C/c2ccc(-c3ccc(Cl)c(Cl)c3)o2)SC1=S)c1csc2c1CCCC2. The lowest BCUT2D eigenvalue weighted by Crippen LogP contribution is -2.45. The van der Waals surface area contributed by atoms with E-state index in [0.29, 0.717) is 32.0 Å². The van der Waals surface area contributed by atoms with Gasteiger partial charge < -0.3 is 4.42 Å². The number of aryl methyl sites for hydroxylation is 1. The van der Waals surface area contributed by atoms with E-state index in [1.807, 2.05) is 5.38 Å². The van der Waals surface area contributed by atoms with Gasteiger partial charge in [-0.25, -0.2) is 0 Å². The van der Waals surface area contributed by atoms with Crippen LogP contribution in [0.2, 0.25) is 10.0 Å². The zero-order valence-electron chi connectivity index (χ0n) is 17.0. The molecular weight excluding hydrogens is 519 g/mol. The molecule has 0 spiro atoms. The van der Waals surface area contributed by atoms with Crippen LogP contribution in [0.15, 0.2) is 45.0 Å². The molecule has 168 valence electrons. The zero-order valence-corrected chi connectivity index (χ0v) is 21.0. The number of carbonyl (C=O) groups is 2. The van der Waals surface area contributed by atoms with Crippen molar-refractivity contribution in [3.8, 4) is 11.3 Å². The van der Waals surface area contributed by atoms with Crippen molar-refractivity contribution in [2.45, 2.75) is 25.7 Å². The van der Waals surface area contributed by atoms with Gasteiger partial charge in [0.25, 0.3) is 11.8 Å². The fourth-order valence-corrected chi connectivity index (χ4v) is 6.36. The molecular formula is C23H16Cl2N2O3S3. The minimum Gasteiger partial charge on any atom is -0.457 e. The Morgan fingerprint density at radius 3 is 2.79 bits per heavy atom. The molecule has 1 N–H and O–H groups in total. The maximum atomic E-state index is 12.9. The van der Waals surface area contributed by atoms with E-state index in [9.17, 15) is 9.59 Å².